The van der Waals surface area contributed by atoms with Gasteiger partial charge in [0.25, 0.3) is 11.8 Å². The fourth-order valence-corrected chi connectivity index (χ4v) is 4.16. The number of nitrogens with one attached hydrogen (secondary N) is 2. The zero-order chi connectivity index (χ0) is 23.5. The lowest BCUT2D eigenvalue weighted by atomic mass is 9.86. The smallest absolute Gasteiger partial charge is 0.251 e. The Morgan fingerprint density at radius 3 is 1.12 bits per heavy atom. The van der Waals surface area contributed by atoms with Crippen LogP contribution in [0.4, 0.5) is 0 Å². The molecule has 2 amide bonds. The first-order valence-electron chi connectivity index (χ1n) is 11.8. The summed E-state index contributed by atoms with van der Waals surface area (Å²) in [6, 6.07) is 16.1. The molecule has 0 radical (unpaired) electrons. The van der Waals surface area contributed by atoms with Crippen LogP contribution in [0, 0.1) is 0 Å². The van der Waals surface area contributed by atoms with Gasteiger partial charge in [0.05, 0.1) is 0 Å². The van der Waals surface area contributed by atoms with Crippen LogP contribution in [0.1, 0.15) is 99.1 Å². The Bertz CT molecular complexity index is 844. The van der Waals surface area contributed by atoms with Gasteiger partial charge in [-0.25, -0.2) is 0 Å². The lowest BCUT2D eigenvalue weighted by Crippen LogP contribution is -2.43. The third kappa shape index (κ3) is 6.21. The normalized spacial score (nSPS) is 19.3. The second-order valence-electron chi connectivity index (χ2n) is 11.2. The Hall–Kier alpha value is -2.62. The maximum atomic E-state index is 12.6. The second-order valence-corrected chi connectivity index (χ2v) is 11.2. The van der Waals surface area contributed by atoms with E-state index in [9.17, 15) is 9.59 Å². The van der Waals surface area contributed by atoms with Crippen molar-refractivity contribution in [3.63, 3.8) is 0 Å². The molecule has 2 aromatic carbocycles. The first-order chi connectivity index (χ1) is 14.9. The fourth-order valence-electron chi connectivity index (χ4n) is 4.16. The van der Waals surface area contributed by atoms with Crippen LogP contribution in [-0.4, -0.2) is 23.9 Å². The summed E-state index contributed by atoms with van der Waals surface area (Å²) in [5, 5.41) is 6.34. The van der Waals surface area contributed by atoms with E-state index in [1.807, 2.05) is 48.5 Å². The van der Waals surface area contributed by atoms with Gasteiger partial charge in [-0.2, -0.15) is 0 Å². The molecule has 32 heavy (non-hydrogen) atoms. The van der Waals surface area contributed by atoms with E-state index in [1.165, 1.54) is 11.1 Å². The van der Waals surface area contributed by atoms with E-state index < -0.39 is 0 Å². The molecule has 0 saturated heterocycles. The molecule has 0 aromatic heterocycles. The number of hydrogen-bond donors (Lipinski definition) is 2. The number of carbonyl (C=O) groups is 2. The summed E-state index contributed by atoms with van der Waals surface area (Å²) in [6.07, 6.45) is 3.50. The summed E-state index contributed by atoms with van der Waals surface area (Å²) in [5.74, 6) is -0.0336. The van der Waals surface area contributed by atoms with Crippen molar-refractivity contribution in [2.75, 3.05) is 0 Å². The Morgan fingerprint density at radius 1 is 0.594 bits per heavy atom. The summed E-state index contributed by atoms with van der Waals surface area (Å²) < 4.78 is 0. The predicted molar refractivity (Wildman–Crippen MR) is 131 cm³/mol. The molecule has 4 nitrogen and oxygen atoms in total. The average Bonchev–Trinajstić information content (AvgIpc) is 2.74. The lowest BCUT2D eigenvalue weighted by Gasteiger charge is -2.30. The van der Waals surface area contributed by atoms with Crippen LogP contribution in [0.5, 0.6) is 0 Å². The summed E-state index contributed by atoms with van der Waals surface area (Å²) in [4.78, 5) is 25.3. The SMILES string of the molecule is CC(C)(C)c1ccc(C(=O)NC2CCC(NC(=O)c3ccc(C(C)(C)C)cc3)CC2)cc1. The molecule has 2 aromatic rings. The van der Waals surface area contributed by atoms with E-state index in [2.05, 4.69) is 52.2 Å². The summed E-state index contributed by atoms with van der Waals surface area (Å²) in [7, 11) is 0. The van der Waals surface area contributed by atoms with Gasteiger partial charge in [-0.05, 0) is 71.9 Å². The number of rotatable bonds is 4. The monoisotopic (exact) mass is 434 g/mol. The first kappa shape index (κ1) is 24.0. The largest absolute Gasteiger partial charge is 0.349 e. The van der Waals surface area contributed by atoms with Crippen LogP contribution in [0.25, 0.3) is 0 Å². The van der Waals surface area contributed by atoms with Crippen molar-refractivity contribution in [3.05, 3.63) is 70.8 Å². The Balaban J connectivity index is 1.47. The second kappa shape index (κ2) is 9.48. The van der Waals surface area contributed by atoms with E-state index in [0.29, 0.717) is 11.1 Å². The lowest BCUT2D eigenvalue weighted by molar-refractivity contribution is 0.0892. The summed E-state index contributed by atoms with van der Waals surface area (Å²) >= 11 is 0. The van der Waals surface area contributed by atoms with Gasteiger partial charge in [0.2, 0.25) is 0 Å². The number of benzene rings is 2. The van der Waals surface area contributed by atoms with E-state index in [4.69, 9.17) is 0 Å². The van der Waals surface area contributed by atoms with E-state index >= 15 is 0 Å². The third-order valence-electron chi connectivity index (χ3n) is 6.42. The maximum absolute atomic E-state index is 12.6. The van der Waals surface area contributed by atoms with Crippen LogP contribution < -0.4 is 10.6 Å². The van der Waals surface area contributed by atoms with E-state index in [0.717, 1.165) is 25.7 Å². The molecule has 1 aliphatic rings. The van der Waals surface area contributed by atoms with E-state index in [1.54, 1.807) is 0 Å². The minimum Gasteiger partial charge on any atom is -0.349 e. The summed E-state index contributed by atoms with van der Waals surface area (Å²) in [6.45, 7) is 13.0. The van der Waals surface area contributed by atoms with Gasteiger partial charge in [-0.1, -0.05) is 65.8 Å². The molecule has 2 N–H and O–H groups in total. The van der Waals surface area contributed by atoms with Crippen molar-refractivity contribution in [2.45, 2.75) is 90.1 Å². The van der Waals surface area contributed by atoms with E-state index in [-0.39, 0.29) is 34.7 Å². The molecule has 0 unspecified atom stereocenters. The van der Waals surface area contributed by atoms with Gasteiger partial charge in [-0.15, -0.1) is 0 Å². The van der Waals surface area contributed by atoms with Gasteiger partial charge in [0, 0.05) is 23.2 Å². The molecule has 1 fully saturated rings. The van der Waals surface area contributed by atoms with Crippen LogP contribution in [0.15, 0.2) is 48.5 Å². The molecule has 1 aliphatic carbocycles. The van der Waals surface area contributed by atoms with Gasteiger partial charge < -0.3 is 10.6 Å². The highest BCUT2D eigenvalue weighted by Crippen LogP contribution is 2.24. The van der Waals surface area contributed by atoms with Crippen molar-refractivity contribution in [1.82, 2.24) is 10.6 Å². The maximum Gasteiger partial charge on any atom is 0.251 e. The molecule has 0 spiro atoms. The third-order valence-corrected chi connectivity index (χ3v) is 6.42. The van der Waals surface area contributed by atoms with Gasteiger partial charge in [0.1, 0.15) is 0 Å². The molecular weight excluding hydrogens is 396 g/mol. The van der Waals surface area contributed by atoms with Gasteiger partial charge in [-0.3, -0.25) is 9.59 Å². The highest BCUT2D eigenvalue weighted by atomic mass is 16.2. The van der Waals surface area contributed by atoms with Crippen molar-refractivity contribution in [2.24, 2.45) is 0 Å². The van der Waals surface area contributed by atoms with Gasteiger partial charge in [0.15, 0.2) is 0 Å². The van der Waals surface area contributed by atoms with Crippen LogP contribution in [0.3, 0.4) is 0 Å². The van der Waals surface area contributed by atoms with Crippen molar-refractivity contribution >= 4 is 11.8 Å². The predicted octanol–water partition coefficient (Wildman–Crippen LogP) is 5.75. The standard InChI is InChI=1S/C28H38N2O2/c1-27(2,3)21-11-7-19(8-12-21)25(31)29-23-15-17-24(18-16-23)30-26(32)20-9-13-22(14-10-20)28(4,5)6/h7-14,23-24H,15-18H2,1-6H3,(H,29,31)(H,30,32). The van der Waals surface area contributed by atoms with Crippen molar-refractivity contribution in [1.29, 1.82) is 0 Å². The molecule has 4 heteroatoms. The highest BCUT2D eigenvalue weighted by molar-refractivity contribution is 5.95. The Morgan fingerprint density at radius 2 is 0.875 bits per heavy atom. The zero-order valence-electron chi connectivity index (χ0n) is 20.4. The highest BCUT2D eigenvalue weighted by Gasteiger charge is 2.25. The topological polar surface area (TPSA) is 58.2 Å². The van der Waals surface area contributed by atoms with Crippen LogP contribution in [0.2, 0.25) is 0 Å². The van der Waals surface area contributed by atoms with Gasteiger partial charge >= 0.3 is 0 Å². The first-order valence-corrected chi connectivity index (χ1v) is 11.8. The fraction of sp³-hybridized carbons (Fsp3) is 0.500. The molecule has 0 bridgehead atoms. The average molecular weight is 435 g/mol. The number of hydrogen-bond acceptors (Lipinski definition) is 2. The zero-order valence-corrected chi connectivity index (χ0v) is 20.4. The molecule has 172 valence electrons. The molecular formula is C28H38N2O2. The molecule has 0 aliphatic heterocycles. The molecule has 3 rings (SSSR count). The Kier molecular flexibility index (Phi) is 7.12. The van der Waals surface area contributed by atoms with Crippen molar-refractivity contribution < 1.29 is 9.59 Å². The molecule has 1 saturated carbocycles. The van der Waals surface area contributed by atoms with Crippen LogP contribution in [-0.2, 0) is 10.8 Å². The van der Waals surface area contributed by atoms with Crippen LogP contribution >= 0.6 is 0 Å². The number of amides is 2. The minimum atomic E-state index is -0.0168. The molecule has 0 heterocycles. The van der Waals surface area contributed by atoms with Crippen molar-refractivity contribution in [3.8, 4) is 0 Å². The number of carbonyl (C=O) groups excluding carboxylic acids is 2. The summed E-state index contributed by atoms with van der Waals surface area (Å²) in [5.41, 5.74) is 4.00. The minimum absolute atomic E-state index is 0.0168. The molecule has 0 atom stereocenters. The quantitative estimate of drug-likeness (QED) is 0.643. The Labute approximate surface area is 193 Å².